The second kappa shape index (κ2) is 3.23. The molecule has 0 heterocycles. The zero-order chi connectivity index (χ0) is 11.0. The second-order valence-corrected chi connectivity index (χ2v) is 4.28. The Kier molecular flexibility index (Phi) is 2.53. The predicted octanol–water partition coefficient (Wildman–Crippen LogP) is 1.92. The van der Waals surface area contributed by atoms with Crippen LogP contribution in [0.2, 0.25) is 0 Å². The van der Waals surface area contributed by atoms with Crippen molar-refractivity contribution in [1.82, 2.24) is 0 Å². The van der Waals surface area contributed by atoms with Crippen LogP contribution in [0.1, 0.15) is 0 Å². The monoisotopic (exact) mass is 227 g/mol. The van der Waals surface area contributed by atoms with E-state index < -0.39 is 26.1 Å². The number of halogens is 4. The van der Waals surface area contributed by atoms with E-state index in [0.29, 0.717) is 12.1 Å². The standard InChI is InChI=1S/C7H3F4O2S/c8-5-2-1-3-6(4-5)14(12,13)7(9,10)11/h2-4H. The fourth-order valence-corrected chi connectivity index (χ4v) is 1.47. The molecule has 0 N–H and O–H groups in total. The van der Waals surface area contributed by atoms with E-state index in [-0.39, 0.29) is 0 Å². The van der Waals surface area contributed by atoms with E-state index in [1.165, 1.54) is 0 Å². The highest BCUT2D eigenvalue weighted by Crippen LogP contribution is 2.30. The van der Waals surface area contributed by atoms with Gasteiger partial charge in [-0.25, -0.2) is 12.8 Å². The van der Waals surface area contributed by atoms with Crippen LogP contribution in [0.15, 0.2) is 23.1 Å². The third kappa shape index (κ3) is 1.87. The average molecular weight is 227 g/mol. The maximum Gasteiger partial charge on any atom is 0.501 e. The molecule has 0 unspecified atom stereocenters. The van der Waals surface area contributed by atoms with Crippen molar-refractivity contribution in [2.45, 2.75) is 10.4 Å². The Balaban J connectivity index is 3.32. The fraction of sp³-hybridized carbons (Fsp3) is 0.143. The van der Waals surface area contributed by atoms with Crippen molar-refractivity contribution in [3.8, 4) is 0 Å². The minimum absolute atomic E-state index is 0.291. The minimum Gasteiger partial charge on any atom is -0.214 e. The second-order valence-electron chi connectivity index (χ2n) is 2.34. The molecule has 0 aromatic heterocycles. The molecule has 0 amide bonds. The van der Waals surface area contributed by atoms with Crippen LogP contribution in [0.3, 0.4) is 0 Å². The lowest BCUT2D eigenvalue weighted by molar-refractivity contribution is -0.0436. The molecule has 1 radical (unpaired) electrons. The molecule has 0 spiro atoms. The van der Waals surface area contributed by atoms with Crippen LogP contribution in [0.5, 0.6) is 0 Å². The van der Waals surface area contributed by atoms with E-state index in [2.05, 4.69) is 0 Å². The lowest BCUT2D eigenvalue weighted by Crippen LogP contribution is -2.23. The fourth-order valence-electron chi connectivity index (χ4n) is 0.711. The largest absolute Gasteiger partial charge is 0.501 e. The molecule has 0 saturated heterocycles. The van der Waals surface area contributed by atoms with Gasteiger partial charge in [-0.1, -0.05) is 0 Å². The van der Waals surface area contributed by atoms with Crippen molar-refractivity contribution >= 4 is 9.84 Å². The number of hydrogen-bond donors (Lipinski definition) is 0. The van der Waals surface area contributed by atoms with Gasteiger partial charge in [0.05, 0.1) is 4.90 Å². The summed E-state index contributed by atoms with van der Waals surface area (Å²) < 4.78 is 69.6. The highest BCUT2D eigenvalue weighted by molar-refractivity contribution is 7.92. The lowest BCUT2D eigenvalue weighted by Gasteiger charge is -2.07. The smallest absolute Gasteiger partial charge is 0.214 e. The number of sulfone groups is 1. The summed E-state index contributed by atoms with van der Waals surface area (Å²) in [5, 5.41) is 0. The Hall–Kier alpha value is -1.11. The molecule has 7 heteroatoms. The van der Waals surface area contributed by atoms with Gasteiger partial charge < -0.3 is 0 Å². The maximum absolute atomic E-state index is 12.4. The van der Waals surface area contributed by atoms with Gasteiger partial charge in [-0.2, -0.15) is 13.2 Å². The normalized spacial score (nSPS) is 12.9. The van der Waals surface area contributed by atoms with E-state index in [4.69, 9.17) is 0 Å². The summed E-state index contributed by atoms with van der Waals surface area (Å²) in [5.74, 6) is -1.09. The van der Waals surface area contributed by atoms with Gasteiger partial charge in [0.25, 0.3) is 9.84 Å². The zero-order valence-corrected chi connectivity index (χ0v) is 7.29. The molecule has 0 saturated carbocycles. The minimum atomic E-state index is -5.47. The van der Waals surface area contributed by atoms with Gasteiger partial charge in [0.15, 0.2) is 0 Å². The Morgan fingerprint density at radius 1 is 1.21 bits per heavy atom. The highest BCUT2D eigenvalue weighted by Gasteiger charge is 2.46. The molecule has 0 aliphatic rings. The van der Waals surface area contributed by atoms with Gasteiger partial charge in [0.1, 0.15) is 5.82 Å². The molecule has 0 aliphatic heterocycles. The highest BCUT2D eigenvalue weighted by atomic mass is 32.2. The molecule has 2 nitrogen and oxygen atoms in total. The molecule has 1 aromatic rings. The third-order valence-corrected chi connectivity index (χ3v) is 2.81. The van der Waals surface area contributed by atoms with E-state index in [1.54, 1.807) is 0 Å². The van der Waals surface area contributed by atoms with E-state index in [9.17, 15) is 26.0 Å². The summed E-state index contributed by atoms with van der Waals surface area (Å²) in [4.78, 5) is -1.15. The number of benzene rings is 1. The first-order chi connectivity index (χ1) is 6.25. The molecule has 0 bridgehead atoms. The molecule has 1 aromatic carbocycles. The summed E-state index contributed by atoms with van der Waals surface area (Å²) in [6.45, 7) is 0. The maximum atomic E-state index is 12.4. The summed E-state index contributed by atoms with van der Waals surface area (Å²) in [7, 11) is -5.47. The Morgan fingerprint density at radius 2 is 1.79 bits per heavy atom. The van der Waals surface area contributed by atoms with Crippen LogP contribution in [0, 0.1) is 11.9 Å². The van der Waals surface area contributed by atoms with E-state index >= 15 is 0 Å². The summed E-state index contributed by atoms with van der Waals surface area (Å²) >= 11 is 0. The SMILES string of the molecule is O=S(=O)(c1c[c]cc(F)c1)C(F)(F)F. The van der Waals surface area contributed by atoms with Gasteiger partial charge in [0, 0.05) is 0 Å². The third-order valence-electron chi connectivity index (χ3n) is 1.34. The van der Waals surface area contributed by atoms with Gasteiger partial charge in [0.2, 0.25) is 0 Å². The first-order valence-electron chi connectivity index (χ1n) is 3.23. The molecule has 77 valence electrons. The average Bonchev–Trinajstić information content (AvgIpc) is 2.02. The van der Waals surface area contributed by atoms with Gasteiger partial charge >= 0.3 is 5.51 Å². The molecule has 1 rings (SSSR count). The van der Waals surface area contributed by atoms with Crippen molar-refractivity contribution in [1.29, 1.82) is 0 Å². The van der Waals surface area contributed by atoms with E-state index in [0.717, 1.165) is 6.07 Å². The Morgan fingerprint density at radius 3 is 2.21 bits per heavy atom. The molecule has 0 atom stereocenters. The molecular weight excluding hydrogens is 224 g/mol. The number of rotatable bonds is 1. The lowest BCUT2D eigenvalue weighted by atomic mass is 10.4. The van der Waals surface area contributed by atoms with Crippen LogP contribution in [0.4, 0.5) is 17.6 Å². The first kappa shape index (κ1) is 11.0. The summed E-state index contributed by atoms with van der Waals surface area (Å²) in [6.07, 6.45) is 0. The van der Waals surface area contributed by atoms with Crippen molar-refractivity contribution in [3.05, 3.63) is 30.1 Å². The van der Waals surface area contributed by atoms with Crippen LogP contribution < -0.4 is 0 Å². The zero-order valence-electron chi connectivity index (χ0n) is 6.47. The van der Waals surface area contributed by atoms with Crippen molar-refractivity contribution in [3.63, 3.8) is 0 Å². The van der Waals surface area contributed by atoms with Crippen molar-refractivity contribution < 1.29 is 26.0 Å². The first-order valence-corrected chi connectivity index (χ1v) is 4.71. The van der Waals surface area contributed by atoms with Crippen LogP contribution in [-0.2, 0) is 9.84 Å². The molecule has 0 fully saturated rings. The topological polar surface area (TPSA) is 34.1 Å². The van der Waals surface area contributed by atoms with Gasteiger partial charge in [-0.05, 0) is 24.3 Å². The quantitative estimate of drug-likeness (QED) is 0.687. The Bertz CT molecular complexity index is 435. The summed E-state index contributed by atoms with van der Waals surface area (Å²) in [5.41, 5.74) is -5.42. The molecule has 14 heavy (non-hydrogen) atoms. The van der Waals surface area contributed by atoms with Crippen LogP contribution in [-0.4, -0.2) is 13.9 Å². The van der Waals surface area contributed by atoms with Gasteiger partial charge in [-0.3, -0.25) is 0 Å². The van der Waals surface area contributed by atoms with Gasteiger partial charge in [-0.15, -0.1) is 0 Å². The Labute approximate surface area is 77.1 Å². The van der Waals surface area contributed by atoms with Crippen LogP contribution in [0.25, 0.3) is 0 Å². The van der Waals surface area contributed by atoms with Crippen molar-refractivity contribution in [2.75, 3.05) is 0 Å². The summed E-state index contributed by atoms with van der Waals surface area (Å²) in [6, 6.07) is 3.54. The number of alkyl halides is 3. The van der Waals surface area contributed by atoms with E-state index in [1.807, 2.05) is 6.07 Å². The number of hydrogen-bond acceptors (Lipinski definition) is 2. The molecule has 0 aliphatic carbocycles. The predicted molar refractivity (Wildman–Crippen MR) is 38.5 cm³/mol. The molecular formula is C7H3F4O2S. The van der Waals surface area contributed by atoms with Crippen LogP contribution >= 0.6 is 0 Å². The van der Waals surface area contributed by atoms with Crippen molar-refractivity contribution in [2.24, 2.45) is 0 Å².